The summed E-state index contributed by atoms with van der Waals surface area (Å²) in [5.41, 5.74) is 0.653. The summed E-state index contributed by atoms with van der Waals surface area (Å²) in [6.07, 6.45) is 22.7. The van der Waals surface area contributed by atoms with E-state index in [1.54, 1.807) is 11.1 Å². The number of carbonyl (C=O) groups excluding carboxylic acids is 3. The molecule has 0 aromatic rings. The van der Waals surface area contributed by atoms with Gasteiger partial charge in [-0.2, -0.15) is 0 Å². The van der Waals surface area contributed by atoms with Crippen LogP contribution in [0.15, 0.2) is 37.8 Å². The fourth-order valence-electron chi connectivity index (χ4n) is 3.70. The van der Waals surface area contributed by atoms with Gasteiger partial charge in [0.2, 0.25) is 5.91 Å². The van der Waals surface area contributed by atoms with Gasteiger partial charge in [0.15, 0.2) is 0 Å². The lowest BCUT2D eigenvalue weighted by molar-refractivity contribution is -0.139. The molecule has 1 heterocycles. The highest BCUT2D eigenvalue weighted by atomic mass is 16.5. The van der Waals surface area contributed by atoms with Crippen LogP contribution in [-0.4, -0.2) is 35.9 Å². The van der Waals surface area contributed by atoms with Crippen LogP contribution >= 0.6 is 0 Å². The smallest absolute Gasteiger partial charge is 0.333 e. The fraction of sp³-hybridized carbons (Fsp3) is 0.710. The Bertz CT molecular complexity index is 629. The third-order valence-corrected chi connectivity index (χ3v) is 5.93. The summed E-state index contributed by atoms with van der Waals surface area (Å²) in [6.45, 7) is 17.7. The van der Waals surface area contributed by atoms with Crippen LogP contribution in [0.5, 0.6) is 0 Å². The largest absolute Gasteiger partial charge is 0.462 e. The van der Waals surface area contributed by atoms with Gasteiger partial charge < -0.3 is 14.4 Å². The van der Waals surface area contributed by atoms with Gasteiger partial charge in [0.25, 0.3) is 0 Å². The average Bonchev–Trinajstić information content (AvgIpc) is 3.30. The standard InChI is InChI=1S/C21H40O2.C6H9NO.C4H6O2/c1-4-6-8-10-12-13-15-17-19-23-21(22)20(3)18-16-14-11-9-7-5-2;1-2-7-5-3-4-6(7)8;1-3-6-4(2)5/h3-19H2,1-2H3;2H,1,3-5H2;3H,1H2,2H3. The van der Waals surface area contributed by atoms with Crippen LogP contribution < -0.4 is 0 Å². The minimum Gasteiger partial charge on any atom is -0.462 e. The Morgan fingerprint density at radius 1 is 0.865 bits per heavy atom. The lowest BCUT2D eigenvalue weighted by Crippen LogP contribution is -2.16. The van der Waals surface area contributed by atoms with Crippen molar-refractivity contribution in [1.82, 2.24) is 4.90 Å². The zero-order valence-electron chi connectivity index (χ0n) is 24.2. The minimum absolute atomic E-state index is 0.179. The molecule has 1 saturated heterocycles. The minimum atomic E-state index is -0.329. The third-order valence-electron chi connectivity index (χ3n) is 5.93. The van der Waals surface area contributed by atoms with Crippen LogP contribution in [0, 0.1) is 0 Å². The van der Waals surface area contributed by atoms with E-state index in [0.29, 0.717) is 18.6 Å². The fourth-order valence-corrected chi connectivity index (χ4v) is 3.70. The van der Waals surface area contributed by atoms with Crippen LogP contribution in [0.1, 0.15) is 130 Å². The Labute approximate surface area is 227 Å². The molecule has 0 bridgehead atoms. The predicted octanol–water partition coefficient (Wildman–Crippen LogP) is 8.42. The lowest BCUT2D eigenvalue weighted by atomic mass is 10.1. The Balaban J connectivity index is 0. The van der Waals surface area contributed by atoms with E-state index in [1.165, 1.54) is 84.0 Å². The first kappa shape index (κ1) is 36.8. The van der Waals surface area contributed by atoms with E-state index >= 15 is 0 Å². The van der Waals surface area contributed by atoms with Crippen molar-refractivity contribution < 1.29 is 23.9 Å². The molecule has 1 rings (SSSR count). The summed E-state index contributed by atoms with van der Waals surface area (Å²) >= 11 is 0. The van der Waals surface area contributed by atoms with Crippen LogP contribution in [-0.2, 0) is 23.9 Å². The molecule has 0 radical (unpaired) electrons. The van der Waals surface area contributed by atoms with E-state index in [0.717, 1.165) is 38.5 Å². The second-order valence-electron chi connectivity index (χ2n) is 9.38. The van der Waals surface area contributed by atoms with E-state index < -0.39 is 0 Å². The highest BCUT2D eigenvalue weighted by molar-refractivity contribution is 5.87. The van der Waals surface area contributed by atoms with Crippen LogP contribution in [0.2, 0.25) is 0 Å². The summed E-state index contributed by atoms with van der Waals surface area (Å²) in [5, 5.41) is 0. The number of esters is 2. The Hall–Kier alpha value is -2.37. The first-order valence-electron chi connectivity index (χ1n) is 14.4. The molecule has 0 aliphatic carbocycles. The normalized spacial score (nSPS) is 12.0. The number of unbranched alkanes of at least 4 members (excludes halogenated alkanes) is 12. The van der Waals surface area contributed by atoms with E-state index in [-0.39, 0.29) is 17.8 Å². The molecule has 6 heteroatoms. The number of rotatable bonds is 19. The van der Waals surface area contributed by atoms with Gasteiger partial charge in [0.05, 0.1) is 12.9 Å². The Kier molecular flexibility index (Phi) is 28.0. The number of carbonyl (C=O) groups is 3. The lowest BCUT2D eigenvalue weighted by Gasteiger charge is -2.07. The molecule has 1 amide bonds. The number of hydrogen-bond donors (Lipinski definition) is 0. The maximum absolute atomic E-state index is 11.8. The summed E-state index contributed by atoms with van der Waals surface area (Å²) in [6, 6.07) is 0. The maximum Gasteiger partial charge on any atom is 0.333 e. The molecule has 37 heavy (non-hydrogen) atoms. The molecule has 1 fully saturated rings. The molecular weight excluding hydrogens is 466 g/mol. The van der Waals surface area contributed by atoms with Gasteiger partial charge in [0, 0.05) is 25.5 Å². The van der Waals surface area contributed by atoms with Crippen molar-refractivity contribution >= 4 is 17.8 Å². The molecule has 1 aliphatic rings. The molecule has 0 atom stereocenters. The van der Waals surface area contributed by atoms with Crippen LogP contribution in [0.25, 0.3) is 0 Å². The quantitative estimate of drug-likeness (QED) is 0.0738. The zero-order chi connectivity index (χ0) is 28.2. The first-order valence-corrected chi connectivity index (χ1v) is 14.4. The second-order valence-corrected chi connectivity index (χ2v) is 9.38. The molecule has 0 aromatic heterocycles. The Morgan fingerprint density at radius 2 is 1.38 bits per heavy atom. The Morgan fingerprint density at radius 3 is 1.76 bits per heavy atom. The van der Waals surface area contributed by atoms with Gasteiger partial charge in [-0.25, -0.2) is 4.79 Å². The van der Waals surface area contributed by atoms with Crippen molar-refractivity contribution in [2.75, 3.05) is 13.2 Å². The van der Waals surface area contributed by atoms with Crippen molar-refractivity contribution in [3.63, 3.8) is 0 Å². The van der Waals surface area contributed by atoms with Gasteiger partial charge >= 0.3 is 11.9 Å². The maximum atomic E-state index is 11.8. The van der Waals surface area contributed by atoms with E-state index in [2.05, 4.69) is 38.3 Å². The second kappa shape index (κ2) is 28.2. The van der Waals surface area contributed by atoms with Gasteiger partial charge in [-0.15, -0.1) is 0 Å². The molecule has 214 valence electrons. The van der Waals surface area contributed by atoms with Crippen molar-refractivity contribution in [3.8, 4) is 0 Å². The average molecular weight is 522 g/mol. The third kappa shape index (κ3) is 26.5. The first-order chi connectivity index (χ1) is 17.8. The van der Waals surface area contributed by atoms with Crippen molar-refractivity contribution in [2.45, 2.75) is 130 Å². The molecular formula is C31H55NO5. The number of amides is 1. The number of nitrogens with zero attached hydrogens (tertiary/aromatic N) is 1. The number of ether oxygens (including phenoxy) is 2. The summed E-state index contributed by atoms with van der Waals surface area (Å²) < 4.78 is 9.47. The number of likely N-dealkylation sites (tertiary alicyclic amines) is 1. The molecule has 1 aliphatic heterocycles. The summed E-state index contributed by atoms with van der Waals surface area (Å²) in [7, 11) is 0. The molecule has 0 spiro atoms. The SMILES string of the molecule is C=C(CCCCCCCC)C(=O)OCCCCCCCCCC.C=CN1CCCC1=O.C=COC(C)=O. The van der Waals surface area contributed by atoms with Crippen molar-refractivity contribution in [1.29, 1.82) is 0 Å². The van der Waals surface area contributed by atoms with Crippen LogP contribution in [0.4, 0.5) is 0 Å². The predicted molar refractivity (Wildman–Crippen MR) is 154 cm³/mol. The monoisotopic (exact) mass is 521 g/mol. The summed E-state index contributed by atoms with van der Waals surface area (Å²) in [5.74, 6) is -0.300. The molecule has 0 saturated carbocycles. The van der Waals surface area contributed by atoms with E-state index in [4.69, 9.17) is 4.74 Å². The molecule has 0 N–H and O–H groups in total. The van der Waals surface area contributed by atoms with Crippen LogP contribution in [0.3, 0.4) is 0 Å². The summed E-state index contributed by atoms with van der Waals surface area (Å²) in [4.78, 5) is 33.9. The van der Waals surface area contributed by atoms with Gasteiger partial charge in [-0.05, 0) is 31.9 Å². The topological polar surface area (TPSA) is 72.9 Å². The molecule has 6 nitrogen and oxygen atoms in total. The molecule has 0 unspecified atom stereocenters. The van der Waals surface area contributed by atoms with Crippen molar-refractivity contribution in [3.05, 3.63) is 37.8 Å². The van der Waals surface area contributed by atoms with Gasteiger partial charge in [-0.3, -0.25) is 9.59 Å². The molecule has 0 aromatic carbocycles. The van der Waals surface area contributed by atoms with E-state index in [1.807, 2.05) is 0 Å². The van der Waals surface area contributed by atoms with Gasteiger partial charge in [-0.1, -0.05) is 111 Å². The van der Waals surface area contributed by atoms with Crippen molar-refractivity contribution in [2.24, 2.45) is 0 Å². The number of hydrogen-bond acceptors (Lipinski definition) is 5. The van der Waals surface area contributed by atoms with E-state index in [9.17, 15) is 14.4 Å². The highest BCUT2D eigenvalue weighted by Gasteiger charge is 2.16. The van der Waals surface area contributed by atoms with Gasteiger partial charge in [0.1, 0.15) is 0 Å². The highest BCUT2D eigenvalue weighted by Crippen LogP contribution is 2.13. The zero-order valence-corrected chi connectivity index (χ0v) is 24.2.